The molecule has 1 heterocycles. The van der Waals surface area contributed by atoms with Crippen molar-refractivity contribution in [1.82, 2.24) is 0 Å². The van der Waals surface area contributed by atoms with Gasteiger partial charge in [0.2, 0.25) is 0 Å². The molecule has 3 nitrogen and oxygen atoms in total. The molecule has 4 heteroatoms. The van der Waals surface area contributed by atoms with Gasteiger partial charge in [0.1, 0.15) is 0 Å². The first-order valence-electron chi connectivity index (χ1n) is 5.56. The lowest BCUT2D eigenvalue weighted by Crippen LogP contribution is -2.22. The molecule has 1 fully saturated rings. The van der Waals surface area contributed by atoms with E-state index in [0.717, 1.165) is 32.6 Å². The summed E-state index contributed by atoms with van der Waals surface area (Å²) in [6.07, 6.45) is 2.10. The fraction of sp³-hybridized carbons (Fsp3) is 0.500. The molecule has 1 saturated heterocycles. The Hall–Kier alpha value is -1.29. The van der Waals surface area contributed by atoms with Crippen LogP contribution in [0.5, 0.6) is 5.75 Å². The van der Waals surface area contributed by atoms with Gasteiger partial charge >= 0.3 is 0 Å². The van der Waals surface area contributed by atoms with E-state index in [1.54, 1.807) is 6.07 Å². The van der Waals surface area contributed by atoms with E-state index in [0.29, 0.717) is 11.6 Å². The van der Waals surface area contributed by atoms with Crippen molar-refractivity contribution in [3.63, 3.8) is 0 Å². The van der Waals surface area contributed by atoms with Gasteiger partial charge in [-0.15, -0.1) is 0 Å². The minimum atomic E-state index is -0.586. The summed E-state index contributed by atoms with van der Waals surface area (Å²) in [5.41, 5.74) is 0.710. The Morgan fingerprint density at radius 3 is 2.81 bits per heavy atom. The number of aromatic hydroxyl groups is 1. The zero-order valence-electron chi connectivity index (χ0n) is 9.08. The Morgan fingerprint density at radius 1 is 1.38 bits per heavy atom. The Labute approximate surface area is 94.2 Å². The lowest BCUT2D eigenvalue weighted by atomic mass is 10.0. The number of ether oxygens (including phenoxy) is 1. The maximum atomic E-state index is 13.0. The molecule has 88 valence electrons. The van der Waals surface area contributed by atoms with Crippen LogP contribution in [-0.4, -0.2) is 24.9 Å². The third-order valence-corrected chi connectivity index (χ3v) is 2.88. The molecule has 0 aliphatic carbocycles. The Balaban J connectivity index is 1.86. The van der Waals surface area contributed by atoms with Gasteiger partial charge in [-0.25, -0.2) is 4.39 Å². The predicted octanol–water partition coefficient (Wildman–Crippen LogP) is 2.37. The normalized spacial score (nSPS) is 17.3. The number of nitrogens with one attached hydrogen (secondary N) is 1. The number of hydrogen-bond acceptors (Lipinski definition) is 3. The van der Waals surface area contributed by atoms with E-state index in [-0.39, 0.29) is 5.75 Å². The zero-order valence-corrected chi connectivity index (χ0v) is 9.08. The van der Waals surface area contributed by atoms with Gasteiger partial charge in [0.15, 0.2) is 11.6 Å². The van der Waals surface area contributed by atoms with Crippen molar-refractivity contribution in [2.24, 2.45) is 5.92 Å². The van der Waals surface area contributed by atoms with Crippen LogP contribution in [0.4, 0.5) is 10.1 Å². The van der Waals surface area contributed by atoms with Crippen LogP contribution < -0.4 is 5.32 Å². The second kappa shape index (κ2) is 5.16. The lowest BCUT2D eigenvalue weighted by molar-refractivity contribution is 0.0699. The van der Waals surface area contributed by atoms with Crippen LogP contribution in [0.1, 0.15) is 12.8 Å². The number of phenolic OH excluding ortho intramolecular Hbond substituents is 1. The summed E-state index contributed by atoms with van der Waals surface area (Å²) in [6, 6.07) is 4.36. The number of phenols is 1. The standard InChI is InChI=1S/C12H16FNO2/c13-11-7-10(1-2-12(11)15)14-8-9-3-5-16-6-4-9/h1-2,7,9,14-15H,3-6,8H2. The molecule has 2 rings (SSSR count). The first-order valence-corrected chi connectivity index (χ1v) is 5.56. The summed E-state index contributed by atoms with van der Waals surface area (Å²) in [4.78, 5) is 0. The van der Waals surface area contributed by atoms with Crippen molar-refractivity contribution in [2.75, 3.05) is 25.1 Å². The molecule has 0 bridgehead atoms. The van der Waals surface area contributed by atoms with Crippen LogP contribution >= 0.6 is 0 Å². The highest BCUT2D eigenvalue weighted by atomic mass is 19.1. The molecular weight excluding hydrogens is 209 g/mol. The van der Waals surface area contributed by atoms with E-state index < -0.39 is 5.82 Å². The molecule has 0 spiro atoms. The van der Waals surface area contributed by atoms with Crippen LogP contribution in [0.15, 0.2) is 18.2 Å². The number of halogens is 1. The van der Waals surface area contributed by atoms with Gasteiger partial charge in [-0.05, 0) is 30.9 Å². The first-order chi connectivity index (χ1) is 7.75. The zero-order chi connectivity index (χ0) is 11.4. The van der Waals surface area contributed by atoms with Gasteiger partial charge in [-0.1, -0.05) is 0 Å². The minimum absolute atomic E-state index is 0.309. The molecule has 1 aromatic rings. The molecule has 0 radical (unpaired) electrons. The van der Waals surface area contributed by atoms with Crippen molar-refractivity contribution in [3.05, 3.63) is 24.0 Å². The number of benzene rings is 1. The summed E-state index contributed by atoms with van der Waals surface area (Å²) >= 11 is 0. The molecule has 1 aromatic carbocycles. The highest BCUT2D eigenvalue weighted by Crippen LogP contribution is 2.21. The predicted molar refractivity (Wildman–Crippen MR) is 60.1 cm³/mol. The van der Waals surface area contributed by atoms with Crippen LogP contribution in [-0.2, 0) is 4.74 Å². The fourth-order valence-corrected chi connectivity index (χ4v) is 1.83. The summed E-state index contributed by atoms with van der Waals surface area (Å²) in [6.45, 7) is 2.46. The third-order valence-electron chi connectivity index (χ3n) is 2.88. The van der Waals surface area contributed by atoms with E-state index in [2.05, 4.69) is 5.32 Å². The van der Waals surface area contributed by atoms with Gasteiger partial charge in [-0.2, -0.15) is 0 Å². The number of anilines is 1. The molecular formula is C12H16FNO2. The summed E-state index contributed by atoms with van der Waals surface area (Å²) in [5.74, 6) is -0.306. The minimum Gasteiger partial charge on any atom is -0.505 e. The molecule has 0 aromatic heterocycles. The molecule has 0 unspecified atom stereocenters. The van der Waals surface area contributed by atoms with Crippen molar-refractivity contribution in [3.8, 4) is 5.75 Å². The van der Waals surface area contributed by atoms with Gasteiger partial charge in [0, 0.05) is 31.5 Å². The molecule has 0 saturated carbocycles. The van der Waals surface area contributed by atoms with Crippen molar-refractivity contribution >= 4 is 5.69 Å². The maximum Gasteiger partial charge on any atom is 0.166 e. The van der Waals surface area contributed by atoms with E-state index in [1.165, 1.54) is 12.1 Å². The average Bonchev–Trinajstić information content (AvgIpc) is 2.32. The lowest BCUT2D eigenvalue weighted by Gasteiger charge is -2.22. The number of rotatable bonds is 3. The Morgan fingerprint density at radius 2 is 2.12 bits per heavy atom. The third kappa shape index (κ3) is 2.85. The molecule has 1 aliphatic rings. The SMILES string of the molecule is Oc1ccc(NCC2CCOCC2)cc1F. The fourth-order valence-electron chi connectivity index (χ4n) is 1.83. The van der Waals surface area contributed by atoms with E-state index >= 15 is 0 Å². The van der Waals surface area contributed by atoms with Crippen LogP contribution in [0.25, 0.3) is 0 Å². The quantitative estimate of drug-likeness (QED) is 0.776. The summed E-state index contributed by atoms with van der Waals surface area (Å²) < 4.78 is 18.3. The van der Waals surface area contributed by atoms with Gasteiger partial charge in [0.05, 0.1) is 0 Å². The summed E-state index contributed by atoms with van der Waals surface area (Å²) in [5, 5.41) is 12.2. The van der Waals surface area contributed by atoms with Crippen LogP contribution in [0, 0.1) is 11.7 Å². The average molecular weight is 225 g/mol. The van der Waals surface area contributed by atoms with Crippen molar-refractivity contribution < 1.29 is 14.2 Å². The van der Waals surface area contributed by atoms with Gasteiger partial charge in [-0.3, -0.25) is 0 Å². The maximum absolute atomic E-state index is 13.0. The van der Waals surface area contributed by atoms with Crippen molar-refractivity contribution in [2.45, 2.75) is 12.8 Å². The van der Waals surface area contributed by atoms with E-state index in [1.807, 2.05) is 0 Å². The highest BCUT2D eigenvalue weighted by Gasteiger charge is 2.13. The molecule has 16 heavy (non-hydrogen) atoms. The van der Waals surface area contributed by atoms with Crippen molar-refractivity contribution in [1.29, 1.82) is 0 Å². The van der Waals surface area contributed by atoms with Gasteiger partial charge < -0.3 is 15.2 Å². The van der Waals surface area contributed by atoms with E-state index in [4.69, 9.17) is 9.84 Å². The monoisotopic (exact) mass is 225 g/mol. The number of hydrogen-bond donors (Lipinski definition) is 2. The molecule has 2 N–H and O–H groups in total. The summed E-state index contributed by atoms with van der Waals surface area (Å²) in [7, 11) is 0. The molecule has 1 aliphatic heterocycles. The van der Waals surface area contributed by atoms with E-state index in [9.17, 15) is 4.39 Å². The second-order valence-electron chi connectivity index (χ2n) is 4.10. The molecule has 0 atom stereocenters. The second-order valence-corrected chi connectivity index (χ2v) is 4.10. The van der Waals surface area contributed by atoms with Crippen LogP contribution in [0.3, 0.4) is 0 Å². The molecule has 0 amide bonds. The first kappa shape index (κ1) is 11.2. The Bertz CT molecular complexity index is 351. The van der Waals surface area contributed by atoms with Gasteiger partial charge in [0.25, 0.3) is 0 Å². The van der Waals surface area contributed by atoms with Crippen LogP contribution in [0.2, 0.25) is 0 Å². The largest absolute Gasteiger partial charge is 0.505 e. The Kier molecular flexibility index (Phi) is 3.62. The smallest absolute Gasteiger partial charge is 0.166 e. The topological polar surface area (TPSA) is 41.5 Å². The highest BCUT2D eigenvalue weighted by molar-refractivity contribution is 5.46.